The van der Waals surface area contributed by atoms with Gasteiger partial charge in [0.05, 0.1) is 11.5 Å². The first kappa shape index (κ1) is 16.8. The Morgan fingerprint density at radius 1 is 1.08 bits per heavy atom. The summed E-state index contributed by atoms with van der Waals surface area (Å²) in [5.74, 6) is -0.325. The fourth-order valence-corrected chi connectivity index (χ4v) is 4.93. The van der Waals surface area contributed by atoms with Gasteiger partial charge in [0, 0.05) is 23.7 Å². The minimum Gasteiger partial charge on any atom is -0.395 e. The fraction of sp³-hybridized carbons (Fsp3) is 0.278. The number of carbonyl (C=O) groups is 1. The molecule has 24 heavy (non-hydrogen) atoms. The normalized spacial score (nSPS) is 18.6. The molecule has 2 aromatic carbocycles. The van der Waals surface area contributed by atoms with Crippen LogP contribution in [0.2, 0.25) is 0 Å². The van der Waals surface area contributed by atoms with Crippen LogP contribution in [0.3, 0.4) is 0 Å². The molecule has 1 fully saturated rings. The minimum atomic E-state index is -3.83. The van der Waals surface area contributed by atoms with Gasteiger partial charge in [-0.3, -0.25) is 4.79 Å². The Balaban J connectivity index is 2.05. The van der Waals surface area contributed by atoms with Gasteiger partial charge in [-0.05, 0) is 25.0 Å². The van der Waals surface area contributed by atoms with Gasteiger partial charge in [-0.2, -0.15) is 4.31 Å². The summed E-state index contributed by atoms with van der Waals surface area (Å²) >= 11 is 0. The van der Waals surface area contributed by atoms with E-state index < -0.39 is 16.1 Å². The van der Waals surface area contributed by atoms with Crippen molar-refractivity contribution >= 4 is 15.8 Å². The van der Waals surface area contributed by atoms with Crippen molar-refractivity contribution in [2.75, 3.05) is 13.2 Å². The Bertz CT molecular complexity index is 833. The quantitative estimate of drug-likeness (QED) is 0.842. The average Bonchev–Trinajstić information content (AvgIpc) is 3.11. The number of nitrogens with zero attached hydrogens (tertiary/aromatic N) is 1. The third-order valence-corrected chi connectivity index (χ3v) is 6.30. The van der Waals surface area contributed by atoms with Gasteiger partial charge < -0.3 is 5.11 Å². The molecule has 1 atom stereocenters. The Labute approximate surface area is 141 Å². The molecule has 1 aliphatic rings. The van der Waals surface area contributed by atoms with Crippen molar-refractivity contribution in [2.45, 2.75) is 23.8 Å². The third-order valence-electron chi connectivity index (χ3n) is 4.29. The Morgan fingerprint density at radius 3 is 2.46 bits per heavy atom. The summed E-state index contributed by atoms with van der Waals surface area (Å²) < 4.78 is 27.4. The molecule has 0 aliphatic carbocycles. The fourth-order valence-electron chi connectivity index (χ4n) is 3.06. The zero-order chi connectivity index (χ0) is 17.2. The largest absolute Gasteiger partial charge is 0.395 e. The second-order valence-corrected chi connectivity index (χ2v) is 7.64. The SMILES string of the molecule is O=C(c1ccccc1)c1ccccc1S(=O)(=O)N1CCC[C@H]1CO. The molecule has 2 aromatic rings. The Morgan fingerprint density at radius 2 is 1.75 bits per heavy atom. The van der Waals surface area contributed by atoms with E-state index in [-0.39, 0.29) is 22.8 Å². The van der Waals surface area contributed by atoms with Crippen LogP contribution in [0.1, 0.15) is 28.8 Å². The molecular formula is C18H19NO4S. The molecule has 0 amide bonds. The highest BCUT2D eigenvalue weighted by molar-refractivity contribution is 7.89. The van der Waals surface area contributed by atoms with E-state index in [0.717, 1.165) is 0 Å². The maximum Gasteiger partial charge on any atom is 0.244 e. The van der Waals surface area contributed by atoms with Crippen molar-refractivity contribution < 1.29 is 18.3 Å². The highest BCUT2D eigenvalue weighted by Crippen LogP contribution is 2.28. The van der Waals surface area contributed by atoms with Gasteiger partial charge in [0.15, 0.2) is 5.78 Å². The van der Waals surface area contributed by atoms with Gasteiger partial charge in [0.2, 0.25) is 10.0 Å². The zero-order valence-electron chi connectivity index (χ0n) is 13.1. The highest BCUT2D eigenvalue weighted by Gasteiger charge is 2.36. The number of aliphatic hydroxyl groups is 1. The lowest BCUT2D eigenvalue weighted by Gasteiger charge is -2.23. The van der Waals surface area contributed by atoms with Gasteiger partial charge in [-0.25, -0.2) is 8.42 Å². The summed E-state index contributed by atoms with van der Waals surface area (Å²) in [6, 6.07) is 14.5. The summed E-state index contributed by atoms with van der Waals surface area (Å²) in [7, 11) is -3.83. The molecule has 1 N–H and O–H groups in total. The van der Waals surface area contributed by atoms with Crippen LogP contribution in [0.5, 0.6) is 0 Å². The molecule has 1 heterocycles. The van der Waals surface area contributed by atoms with Crippen molar-refractivity contribution in [2.24, 2.45) is 0 Å². The van der Waals surface area contributed by atoms with E-state index in [1.165, 1.54) is 16.4 Å². The molecule has 0 saturated carbocycles. The number of ketones is 1. The molecule has 0 spiro atoms. The number of rotatable bonds is 5. The predicted molar refractivity (Wildman–Crippen MR) is 90.3 cm³/mol. The maximum atomic E-state index is 13.0. The first-order chi connectivity index (χ1) is 11.6. The van der Waals surface area contributed by atoms with E-state index in [1.807, 2.05) is 0 Å². The van der Waals surface area contributed by atoms with Crippen molar-refractivity contribution in [1.29, 1.82) is 0 Å². The predicted octanol–water partition coefficient (Wildman–Crippen LogP) is 2.06. The molecule has 6 heteroatoms. The minimum absolute atomic E-state index is 0.000738. The van der Waals surface area contributed by atoms with Gasteiger partial charge in [-0.1, -0.05) is 42.5 Å². The Kier molecular flexibility index (Phi) is 4.80. The number of benzene rings is 2. The highest BCUT2D eigenvalue weighted by atomic mass is 32.2. The third kappa shape index (κ3) is 3.00. The number of hydrogen-bond acceptors (Lipinski definition) is 4. The van der Waals surface area contributed by atoms with Crippen LogP contribution in [-0.2, 0) is 10.0 Å². The van der Waals surface area contributed by atoms with E-state index in [9.17, 15) is 18.3 Å². The van der Waals surface area contributed by atoms with Gasteiger partial charge in [-0.15, -0.1) is 0 Å². The molecule has 3 rings (SSSR count). The van der Waals surface area contributed by atoms with E-state index >= 15 is 0 Å². The van der Waals surface area contributed by atoms with Crippen LogP contribution < -0.4 is 0 Å². The standard InChI is InChI=1S/C18H19NO4S/c20-13-15-9-6-12-19(15)24(22,23)17-11-5-4-10-16(17)18(21)14-7-2-1-3-8-14/h1-5,7-8,10-11,15,20H,6,9,12-13H2/t15-/m0/s1. The first-order valence-corrected chi connectivity index (χ1v) is 9.31. The van der Waals surface area contributed by atoms with E-state index in [4.69, 9.17) is 0 Å². The van der Waals surface area contributed by atoms with Crippen LogP contribution in [0.15, 0.2) is 59.5 Å². The second kappa shape index (κ2) is 6.84. The second-order valence-electron chi connectivity index (χ2n) is 5.79. The summed E-state index contributed by atoms with van der Waals surface area (Å²) in [5, 5.41) is 9.43. The van der Waals surface area contributed by atoms with Crippen molar-refractivity contribution in [1.82, 2.24) is 4.31 Å². The van der Waals surface area contributed by atoms with E-state index in [0.29, 0.717) is 24.9 Å². The maximum absolute atomic E-state index is 13.0. The van der Waals surface area contributed by atoms with E-state index in [1.54, 1.807) is 42.5 Å². The van der Waals surface area contributed by atoms with Gasteiger partial charge in [0.1, 0.15) is 0 Å². The lowest BCUT2D eigenvalue weighted by atomic mass is 10.0. The van der Waals surface area contributed by atoms with Crippen LogP contribution in [0, 0.1) is 0 Å². The lowest BCUT2D eigenvalue weighted by Crippen LogP contribution is -2.38. The molecule has 5 nitrogen and oxygen atoms in total. The Hall–Kier alpha value is -2.02. The summed E-state index contributed by atoms with van der Waals surface area (Å²) in [5.41, 5.74) is 0.604. The van der Waals surface area contributed by atoms with Crippen LogP contribution in [-0.4, -0.2) is 42.8 Å². The monoisotopic (exact) mass is 345 g/mol. The molecule has 1 saturated heterocycles. The van der Waals surface area contributed by atoms with Crippen molar-refractivity contribution in [3.63, 3.8) is 0 Å². The van der Waals surface area contributed by atoms with Crippen molar-refractivity contribution in [3.8, 4) is 0 Å². The van der Waals surface area contributed by atoms with E-state index in [2.05, 4.69) is 0 Å². The van der Waals surface area contributed by atoms with Gasteiger partial charge in [0.25, 0.3) is 0 Å². The van der Waals surface area contributed by atoms with Crippen LogP contribution in [0.25, 0.3) is 0 Å². The van der Waals surface area contributed by atoms with Gasteiger partial charge >= 0.3 is 0 Å². The molecule has 0 aromatic heterocycles. The molecule has 0 unspecified atom stereocenters. The van der Waals surface area contributed by atoms with Crippen molar-refractivity contribution in [3.05, 3.63) is 65.7 Å². The summed E-state index contributed by atoms with van der Waals surface area (Å²) in [6.45, 7) is 0.148. The van der Waals surface area contributed by atoms with Crippen LogP contribution >= 0.6 is 0 Å². The summed E-state index contributed by atoms with van der Waals surface area (Å²) in [4.78, 5) is 12.7. The number of aliphatic hydroxyl groups excluding tert-OH is 1. The topological polar surface area (TPSA) is 74.7 Å². The number of carbonyl (C=O) groups excluding carboxylic acids is 1. The molecular weight excluding hydrogens is 326 g/mol. The molecule has 1 aliphatic heterocycles. The molecule has 126 valence electrons. The molecule has 0 bridgehead atoms. The summed E-state index contributed by atoms with van der Waals surface area (Å²) in [6.07, 6.45) is 1.34. The zero-order valence-corrected chi connectivity index (χ0v) is 13.9. The molecule has 0 radical (unpaired) electrons. The smallest absolute Gasteiger partial charge is 0.244 e. The lowest BCUT2D eigenvalue weighted by molar-refractivity contribution is 0.103. The number of hydrogen-bond donors (Lipinski definition) is 1. The van der Waals surface area contributed by atoms with Crippen LogP contribution in [0.4, 0.5) is 0 Å². The average molecular weight is 345 g/mol. The number of sulfonamides is 1. The first-order valence-electron chi connectivity index (χ1n) is 7.87.